The van der Waals surface area contributed by atoms with Gasteiger partial charge < -0.3 is 14.8 Å². The quantitative estimate of drug-likeness (QED) is 0.679. The van der Waals surface area contributed by atoms with Gasteiger partial charge in [0.25, 0.3) is 0 Å². The first-order valence-corrected chi connectivity index (χ1v) is 8.34. The van der Waals surface area contributed by atoms with Crippen molar-refractivity contribution >= 4 is 11.8 Å². The van der Waals surface area contributed by atoms with Gasteiger partial charge in [-0.1, -0.05) is 18.2 Å². The van der Waals surface area contributed by atoms with E-state index in [1.165, 1.54) is 0 Å². The number of piperidine rings is 1. The Morgan fingerprint density at radius 3 is 2.78 bits per heavy atom. The fourth-order valence-corrected chi connectivity index (χ4v) is 3.56. The van der Waals surface area contributed by atoms with E-state index in [0.29, 0.717) is 19.6 Å². The Bertz CT molecular complexity index is 559. The second kappa shape index (κ2) is 7.13. The molecule has 2 fully saturated rings. The van der Waals surface area contributed by atoms with E-state index in [1.54, 1.807) is 6.92 Å². The third-order valence-electron chi connectivity index (χ3n) is 4.71. The summed E-state index contributed by atoms with van der Waals surface area (Å²) in [7, 11) is 0. The second-order valence-corrected chi connectivity index (χ2v) is 6.19. The molecule has 4 unspecified atom stereocenters. The van der Waals surface area contributed by atoms with Crippen LogP contribution in [0.2, 0.25) is 0 Å². The van der Waals surface area contributed by atoms with Crippen LogP contribution in [-0.2, 0) is 14.3 Å². The highest BCUT2D eigenvalue weighted by molar-refractivity contribution is 6.01. The number of hydrogen-bond donors (Lipinski definition) is 1. The summed E-state index contributed by atoms with van der Waals surface area (Å²) < 4.78 is 11.0. The van der Waals surface area contributed by atoms with E-state index < -0.39 is 11.9 Å². The molecule has 1 N–H and O–H groups in total. The van der Waals surface area contributed by atoms with Crippen molar-refractivity contribution in [3.63, 3.8) is 0 Å². The first kappa shape index (κ1) is 16.0. The third-order valence-corrected chi connectivity index (χ3v) is 4.71. The summed E-state index contributed by atoms with van der Waals surface area (Å²) in [6.07, 6.45) is 2.48. The fraction of sp³-hybridized carbons (Fsp3) is 0.556. The highest BCUT2D eigenvalue weighted by Crippen LogP contribution is 2.33. The lowest BCUT2D eigenvalue weighted by Gasteiger charge is -2.40. The Hall–Kier alpha value is -1.88. The minimum absolute atomic E-state index is 0.00793. The van der Waals surface area contributed by atoms with Gasteiger partial charge in [0.1, 0.15) is 11.7 Å². The van der Waals surface area contributed by atoms with Gasteiger partial charge in [-0.3, -0.25) is 9.59 Å². The van der Waals surface area contributed by atoms with E-state index in [9.17, 15) is 9.59 Å². The zero-order chi connectivity index (χ0) is 16.2. The lowest BCUT2D eigenvalue weighted by atomic mass is 9.74. The summed E-state index contributed by atoms with van der Waals surface area (Å²) >= 11 is 0. The summed E-state index contributed by atoms with van der Waals surface area (Å²) in [6, 6.07) is 9.82. The Labute approximate surface area is 136 Å². The monoisotopic (exact) mass is 317 g/mol. The molecule has 1 saturated carbocycles. The van der Waals surface area contributed by atoms with Crippen molar-refractivity contribution < 1.29 is 19.1 Å². The molecule has 2 aliphatic rings. The number of Topliss-reactive ketones (excluding diaryl/α,β-unsaturated/α-hetero) is 1. The zero-order valence-corrected chi connectivity index (χ0v) is 13.4. The minimum Gasteiger partial charge on any atom is -0.490 e. The molecule has 5 heteroatoms. The van der Waals surface area contributed by atoms with Gasteiger partial charge in [-0.15, -0.1) is 0 Å². The summed E-state index contributed by atoms with van der Waals surface area (Å²) in [5, 5.41) is 3.35. The van der Waals surface area contributed by atoms with Crippen LogP contribution in [0.3, 0.4) is 0 Å². The van der Waals surface area contributed by atoms with E-state index in [-0.39, 0.29) is 23.8 Å². The van der Waals surface area contributed by atoms with Gasteiger partial charge in [0, 0.05) is 18.5 Å². The van der Waals surface area contributed by atoms with E-state index in [0.717, 1.165) is 18.6 Å². The summed E-state index contributed by atoms with van der Waals surface area (Å²) in [5.41, 5.74) is 0. The zero-order valence-electron chi connectivity index (χ0n) is 13.4. The van der Waals surface area contributed by atoms with Crippen molar-refractivity contribution in [2.45, 2.75) is 38.3 Å². The average Bonchev–Trinajstić information content (AvgIpc) is 2.57. The van der Waals surface area contributed by atoms with Crippen molar-refractivity contribution in [2.24, 2.45) is 11.8 Å². The molecule has 0 spiro atoms. The maximum absolute atomic E-state index is 12.7. The number of ether oxygens (including phenoxy) is 2. The van der Waals surface area contributed by atoms with E-state index in [4.69, 9.17) is 9.47 Å². The van der Waals surface area contributed by atoms with Crippen molar-refractivity contribution in [1.29, 1.82) is 0 Å². The standard InChI is InChI=1S/C18H23NO4/c1-2-22-18(21)15-11-19-16-9-8-13(10-14(16)17(15)20)23-12-6-4-3-5-7-12/h3-7,13-16,19H,2,8-11H2,1H3. The number of nitrogens with one attached hydrogen (secondary N) is 1. The Kier molecular flexibility index (Phi) is 4.96. The summed E-state index contributed by atoms with van der Waals surface area (Å²) in [4.78, 5) is 24.6. The van der Waals surface area contributed by atoms with Gasteiger partial charge in [-0.25, -0.2) is 0 Å². The van der Waals surface area contributed by atoms with Crippen molar-refractivity contribution in [3.05, 3.63) is 30.3 Å². The van der Waals surface area contributed by atoms with Crippen LogP contribution < -0.4 is 10.1 Å². The number of carbonyl (C=O) groups is 2. The maximum atomic E-state index is 12.7. The highest BCUT2D eigenvalue weighted by atomic mass is 16.5. The van der Waals surface area contributed by atoms with Gasteiger partial charge in [-0.05, 0) is 38.3 Å². The Balaban J connectivity index is 1.65. The van der Waals surface area contributed by atoms with E-state index >= 15 is 0 Å². The molecule has 1 aromatic carbocycles. The number of carbonyl (C=O) groups excluding carboxylic acids is 2. The molecule has 0 aromatic heterocycles. The molecule has 1 saturated heterocycles. The van der Waals surface area contributed by atoms with Crippen molar-refractivity contribution in [2.75, 3.05) is 13.2 Å². The van der Waals surface area contributed by atoms with Gasteiger partial charge in [0.15, 0.2) is 5.78 Å². The molecular weight excluding hydrogens is 294 g/mol. The number of benzene rings is 1. The number of fused-ring (bicyclic) bond motifs is 1. The van der Waals surface area contributed by atoms with Crippen LogP contribution in [0.1, 0.15) is 26.2 Å². The predicted octanol–water partition coefficient (Wildman–Crippen LogP) is 1.95. The minimum atomic E-state index is -0.674. The average molecular weight is 317 g/mol. The highest BCUT2D eigenvalue weighted by Gasteiger charge is 2.45. The molecule has 0 radical (unpaired) electrons. The normalized spacial score (nSPS) is 30.4. The third kappa shape index (κ3) is 3.55. The van der Waals surface area contributed by atoms with Gasteiger partial charge >= 0.3 is 5.97 Å². The molecule has 23 heavy (non-hydrogen) atoms. The Morgan fingerprint density at radius 2 is 2.04 bits per heavy atom. The number of rotatable bonds is 4. The second-order valence-electron chi connectivity index (χ2n) is 6.19. The van der Waals surface area contributed by atoms with Crippen LogP contribution in [0.15, 0.2) is 30.3 Å². The molecule has 1 heterocycles. The number of para-hydroxylation sites is 1. The van der Waals surface area contributed by atoms with Gasteiger partial charge in [-0.2, -0.15) is 0 Å². The van der Waals surface area contributed by atoms with Crippen LogP contribution >= 0.6 is 0 Å². The first-order valence-electron chi connectivity index (χ1n) is 8.34. The molecule has 0 bridgehead atoms. The Morgan fingerprint density at radius 1 is 1.26 bits per heavy atom. The maximum Gasteiger partial charge on any atom is 0.317 e. The molecule has 1 aliphatic heterocycles. The number of ketones is 1. The molecule has 5 nitrogen and oxygen atoms in total. The number of hydrogen-bond acceptors (Lipinski definition) is 5. The lowest BCUT2D eigenvalue weighted by Crippen LogP contribution is -2.56. The van der Waals surface area contributed by atoms with Crippen LogP contribution in [0.4, 0.5) is 0 Å². The number of esters is 1. The SMILES string of the molecule is CCOC(=O)C1CNC2CCC(Oc3ccccc3)CC2C1=O. The molecule has 3 rings (SSSR count). The van der Waals surface area contributed by atoms with Crippen LogP contribution in [0, 0.1) is 11.8 Å². The molecule has 0 amide bonds. The van der Waals surface area contributed by atoms with Gasteiger partial charge in [0.05, 0.1) is 12.7 Å². The molecule has 124 valence electrons. The van der Waals surface area contributed by atoms with E-state index in [1.807, 2.05) is 30.3 Å². The largest absolute Gasteiger partial charge is 0.490 e. The van der Waals surface area contributed by atoms with Crippen molar-refractivity contribution in [1.82, 2.24) is 5.32 Å². The topological polar surface area (TPSA) is 64.6 Å². The molecule has 1 aromatic rings. The lowest BCUT2D eigenvalue weighted by molar-refractivity contribution is -0.155. The van der Waals surface area contributed by atoms with Crippen molar-refractivity contribution in [3.8, 4) is 5.75 Å². The predicted molar refractivity (Wildman–Crippen MR) is 85.1 cm³/mol. The molecule has 1 aliphatic carbocycles. The summed E-state index contributed by atoms with van der Waals surface area (Å²) in [6.45, 7) is 2.45. The van der Waals surface area contributed by atoms with Crippen LogP contribution in [0.5, 0.6) is 5.75 Å². The van der Waals surface area contributed by atoms with Crippen LogP contribution in [0.25, 0.3) is 0 Å². The van der Waals surface area contributed by atoms with E-state index in [2.05, 4.69) is 5.32 Å². The van der Waals surface area contributed by atoms with Crippen LogP contribution in [-0.4, -0.2) is 37.0 Å². The first-order chi connectivity index (χ1) is 11.2. The molecular formula is C18H23NO4. The smallest absolute Gasteiger partial charge is 0.317 e. The fourth-order valence-electron chi connectivity index (χ4n) is 3.56. The summed E-state index contributed by atoms with van der Waals surface area (Å²) in [5.74, 6) is -0.412. The molecule has 4 atom stereocenters. The van der Waals surface area contributed by atoms with Gasteiger partial charge in [0.2, 0.25) is 0 Å².